The molecule has 0 spiro atoms. The lowest BCUT2D eigenvalue weighted by molar-refractivity contribution is -0.140. The van der Waals surface area contributed by atoms with Gasteiger partial charge in [0.1, 0.15) is 5.75 Å². The molecule has 0 unspecified atom stereocenters. The highest BCUT2D eigenvalue weighted by molar-refractivity contribution is 6.01. The first-order valence-corrected chi connectivity index (χ1v) is 8.20. The normalized spacial score (nSPS) is 11.7. The summed E-state index contributed by atoms with van der Waals surface area (Å²) in [5, 5.41) is 0. The van der Waals surface area contributed by atoms with Crippen molar-refractivity contribution in [3.63, 3.8) is 0 Å². The van der Waals surface area contributed by atoms with E-state index in [2.05, 4.69) is 4.74 Å². The number of carbonyl (C=O) groups excluding carboxylic acids is 3. The van der Waals surface area contributed by atoms with E-state index in [9.17, 15) is 14.4 Å². The Labute approximate surface area is 157 Å². The number of methoxy groups -OCH3 is 2. The van der Waals surface area contributed by atoms with Gasteiger partial charge in [-0.1, -0.05) is 12.1 Å². The Hall–Kier alpha value is -3.41. The van der Waals surface area contributed by atoms with Gasteiger partial charge >= 0.3 is 11.9 Å². The molecule has 0 bridgehead atoms. The summed E-state index contributed by atoms with van der Waals surface area (Å²) < 4.78 is 14.8. The highest BCUT2D eigenvalue weighted by Crippen LogP contribution is 2.14. The molecule has 2 aromatic carbocycles. The first-order chi connectivity index (χ1) is 12.9. The van der Waals surface area contributed by atoms with E-state index in [4.69, 9.17) is 9.47 Å². The molecule has 0 radical (unpaired) electrons. The Bertz CT molecular complexity index is 834. The van der Waals surface area contributed by atoms with Crippen LogP contribution in [-0.4, -0.2) is 38.0 Å². The fraction of sp³-hybridized carbons (Fsp3) is 0.190. The van der Waals surface area contributed by atoms with Crippen molar-refractivity contribution < 1.29 is 28.6 Å². The average Bonchev–Trinajstić information content (AvgIpc) is 2.71. The van der Waals surface area contributed by atoms with E-state index in [1.165, 1.54) is 33.3 Å². The third kappa shape index (κ3) is 5.54. The highest BCUT2D eigenvalue weighted by atomic mass is 16.5. The molecule has 0 aliphatic heterocycles. The van der Waals surface area contributed by atoms with Crippen LogP contribution in [0.1, 0.15) is 33.2 Å². The summed E-state index contributed by atoms with van der Waals surface area (Å²) in [4.78, 5) is 35.6. The minimum absolute atomic E-state index is 0.304. The van der Waals surface area contributed by atoms with Crippen LogP contribution in [-0.2, 0) is 14.3 Å². The Balaban J connectivity index is 1.94. The van der Waals surface area contributed by atoms with E-state index < -0.39 is 18.0 Å². The van der Waals surface area contributed by atoms with Gasteiger partial charge in [-0.05, 0) is 55.0 Å². The molecule has 0 aliphatic carbocycles. The number of hydrogen-bond donors (Lipinski definition) is 0. The number of esters is 2. The van der Waals surface area contributed by atoms with Crippen molar-refractivity contribution in [3.8, 4) is 5.75 Å². The molecule has 1 atom stereocenters. The lowest BCUT2D eigenvalue weighted by Crippen LogP contribution is -2.23. The summed E-state index contributed by atoms with van der Waals surface area (Å²) in [6, 6.07) is 13.1. The van der Waals surface area contributed by atoms with Gasteiger partial charge in [0.2, 0.25) is 5.78 Å². The molecule has 6 nitrogen and oxygen atoms in total. The largest absolute Gasteiger partial charge is 0.497 e. The van der Waals surface area contributed by atoms with Crippen molar-refractivity contribution in [1.82, 2.24) is 0 Å². The zero-order valence-electron chi connectivity index (χ0n) is 15.3. The van der Waals surface area contributed by atoms with E-state index in [1.54, 1.807) is 48.5 Å². The molecule has 0 saturated heterocycles. The maximum absolute atomic E-state index is 12.3. The van der Waals surface area contributed by atoms with Gasteiger partial charge in [0.15, 0.2) is 6.10 Å². The highest BCUT2D eigenvalue weighted by Gasteiger charge is 2.18. The van der Waals surface area contributed by atoms with Gasteiger partial charge in [-0.2, -0.15) is 0 Å². The van der Waals surface area contributed by atoms with Gasteiger partial charge in [0.05, 0.1) is 19.8 Å². The molecule has 0 aromatic heterocycles. The predicted molar refractivity (Wildman–Crippen MR) is 99.7 cm³/mol. The first-order valence-electron chi connectivity index (χ1n) is 8.20. The minimum Gasteiger partial charge on any atom is -0.497 e. The van der Waals surface area contributed by atoms with E-state index in [0.29, 0.717) is 22.4 Å². The summed E-state index contributed by atoms with van der Waals surface area (Å²) in [6.07, 6.45) is 1.84. The van der Waals surface area contributed by atoms with Gasteiger partial charge in [-0.25, -0.2) is 9.59 Å². The van der Waals surface area contributed by atoms with Crippen molar-refractivity contribution in [2.45, 2.75) is 13.0 Å². The Kier molecular flexibility index (Phi) is 6.88. The second-order valence-corrected chi connectivity index (χ2v) is 5.62. The maximum atomic E-state index is 12.3. The number of benzene rings is 2. The molecule has 2 rings (SSSR count). The number of carbonyl (C=O) groups is 3. The molecule has 0 heterocycles. The molecule has 0 amide bonds. The molecule has 0 N–H and O–H groups in total. The van der Waals surface area contributed by atoms with Crippen molar-refractivity contribution >= 4 is 23.8 Å². The molecular formula is C21H20O6. The number of ether oxygens (including phenoxy) is 3. The smallest absolute Gasteiger partial charge is 0.337 e. The fourth-order valence-electron chi connectivity index (χ4n) is 2.27. The third-order valence-corrected chi connectivity index (χ3v) is 3.78. The second-order valence-electron chi connectivity index (χ2n) is 5.62. The first kappa shape index (κ1) is 19.9. The Morgan fingerprint density at radius 2 is 1.48 bits per heavy atom. The van der Waals surface area contributed by atoms with Gasteiger partial charge in [-0.3, -0.25) is 4.79 Å². The summed E-state index contributed by atoms with van der Waals surface area (Å²) >= 11 is 0. The Morgan fingerprint density at radius 1 is 0.889 bits per heavy atom. The molecule has 27 heavy (non-hydrogen) atoms. The van der Waals surface area contributed by atoms with Gasteiger partial charge in [0, 0.05) is 11.6 Å². The summed E-state index contributed by atoms with van der Waals surface area (Å²) in [5.41, 5.74) is 1.54. The van der Waals surface area contributed by atoms with Crippen LogP contribution in [0.3, 0.4) is 0 Å². The quantitative estimate of drug-likeness (QED) is 0.424. The number of Topliss-reactive ketones (excluding diaryl/α,β-unsaturated/α-hetero) is 1. The molecule has 2 aromatic rings. The SMILES string of the molecule is COC(=O)c1ccc(/C=C/C(=O)O[C@@H](C)C(=O)c2ccc(OC)cc2)cc1. The zero-order chi connectivity index (χ0) is 19.8. The lowest BCUT2D eigenvalue weighted by Gasteiger charge is -2.11. The maximum Gasteiger partial charge on any atom is 0.337 e. The van der Waals surface area contributed by atoms with E-state index in [1.807, 2.05) is 0 Å². The van der Waals surface area contributed by atoms with Crippen molar-refractivity contribution in [3.05, 3.63) is 71.3 Å². The summed E-state index contributed by atoms with van der Waals surface area (Å²) in [6.45, 7) is 1.52. The lowest BCUT2D eigenvalue weighted by atomic mass is 10.1. The average molecular weight is 368 g/mol. The van der Waals surface area contributed by atoms with Crippen LogP contribution in [0.4, 0.5) is 0 Å². The number of ketones is 1. The standard InChI is InChI=1S/C21H20O6/c1-14(20(23)16-9-11-18(25-2)12-10-16)27-19(22)13-6-15-4-7-17(8-5-15)21(24)26-3/h4-14H,1-3H3/b13-6+/t14-/m0/s1. The third-order valence-electron chi connectivity index (χ3n) is 3.78. The van der Waals surface area contributed by atoms with Crippen molar-refractivity contribution in [2.24, 2.45) is 0 Å². The van der Waals surface area contributed by atoms with E-state index in [0.717, 1.165) is 0 Å². The number of hydrogen-bond acceptors (Lipinski definition) is 6. The minimum atomic E-state index is -0.919. The van der Waals surface area contributed by atoms with Crippen LogP contribution in [0.5, 0.6) is 5.75 Å². The van der Waals surface area contributed by atoms with E-state index >= 15 is 0 Å². The van der Waals surface area contributed by atoms with Crippen LogP contribution in [0.25, 0.3) is 6.08 Å². The second kappa shape index (κ2) is 9.33. The fourth-order valence-corrected chi connectivity index (χ4v) is 2.27. The van der Waals surface area contributed by atoms with Crippen molar-refractivity contribution in [2.75, 3.05) is 14.2 Å². The van der Waals surface area contributed by atoms with Gasteiger partial charge < -0.3 is 14.2 Å². The van der Waals surface area contributed by atoms with Crippen LogP contribution < -0.4 is 4.74 Å². The van der Waals surface area contributed by atoms with Gasteiger partial charge in [0.25, 0.3) is 0 Å². The summed E-state index contributed by atoms with van der Waals surface area (Å²) in [7, 11) is 2.84. The molecule has 0 aliphatic rings. The van der Waals surface area contributed by atoms with E-state index in [-0.39, 0.29) is 5.78 Å². The summed E-state index contributed by atoms with van der Waals surface area (Å²) in [5.74, 6) is -0.739. The molecule has 140 valence electrons. The van der Waals surface area contributed by atoms with Crippen LogP contribution >= 0.6 is 0 Å². The number of rotatable bonds is 7. The van der Waals surface area contributed by atoms with Crippen LogP contribution in [0.15, 0.2) is 54.6 Å². The van der Waals surface area contributed by atoms with Crippen molar-refractivity contribution in [1.29, 1.82) is 0 Å². The van der Waals surface area contributed by atoms with Crippen LogP contribution in [0, 0.1) is 0 Å². The molecular weight excluding hydrogens is 348 g/mol. The molecule has 0 fully saturated rings. The Morgan fingerprint density at radius 3 is 2.04 bits per heavy atom. The predicted octanol–water partition coefficient (Wildman–Crippen LogP) is 3.31. The zero-order valence-corrected chi connectivity index (χ0v) is 15.3. The van der Waals surface area contributed by atoms with Crippen LogP contribution in [0.2, 0.25) is 0 Å². The topological polar surface area (TPSA) is 78.9 Å². The van der Waals surface area contributed by atoms with Gasteiger partial charge in [-0.15, -0.1) is 0 Å². The monoisotopic (exact) mass is 368 g/mol. The molecule has 6 heteroatoms. The molecule has 0 saturated carbocycles.